The summed E-state index contributed by atoms with van der Waals surface area (Å²) in [5.41, 5.74) is 6.06. The molecule has 3 N–H and O–H groups in total. The summed E-state index contributed by atoms with van der Waals surface area (Å²) in [4.78, 5) is 28.0. The lowest BCUT2D eigenvalue weighted by Gasteiger charge is -2.35. The van der Waals surface area contributed by atoms with Gasteiger partial charge in [0.1, 0.15) is 5.75 Å². The number of carbonyl (C=O) groups is 2. The largest absolute Gasteiger partial charge is 0.508 e. The van der Waals surface area contributed by atoms with Crippen LogP contribution in [0.5, 0.6) is 5.75 Å². The molecular formula is C16H23N3O4. The van der Waals surface area contributed by atoms with E-state index in [0.29, 0.717) is 38.3 Å². The van der Waals surface area contributed by atoms with Crippen molar-refractivity contribution in [1.82, 2.24) is 9.80 Å². The third-order valence-corrected chi connectivity index (χ3v) is 4.03. The standard InChI is InChI=1S/C16H23N3O4/c1-23-14(11-17)10-15(21)18-6-8-19(9-7-18)16(22)12-2-4-13(20)5-3-12/h2-5,14,20H,6-11,17H2,1H3. The average molecular weight is 321 g/mol. The molecule has 2 rings (SSSR count). The lowest BCUT2D eigenvalue weighted by Crippen LogP contribution is -2.51. The lowest BCUT2D eigenvalue weighted by atomic mass is 10.1. The number of nitrogens with two attached hydrogens (primary N) is 1. The molecule has 1 heterocycles. The van der Waals surface area contributed by atoms with E-state index in [1.165, 1.54) is 12.1 Å². The van der Waals surface area contributed by atoms with E-state index in [9.17, 15) is 14.7 Å². The molecule has 0 saturated carbocycles. The minimum atomic E-state index is -0.265. The van der Waals surface area contributed by atoms with Gasteiger partial charge in [0.15, 0.2) is 0 Å². The molecule has 1 unspecified atom stereocenters. The number of ether oxygens (including phenoxy) is 1. The number of phenols is 1. The number of rotatable bonds is 5. The van der Waals surface area contributed by atoms with Crippen molar-refractivity contribution in [2.75, 3.05) is 39.8 Å². The molecular weight excluding hydrogens is 298 g/mol. The Morgan fingerprint density at radius 1 is 1.17 bits per heavy atom. The van der Waals surface area contributed by atoms with E-state index >= 15 is 0 Å². The smallest absolute Gasteiger partial charge is 0.253 e. The SMILES string of the molecule is COC(CN)CC(=O)N1CCN(C(=O)c2ccc(O)cc2)CC1. The first kappa shape index (κ1) is 17.2. The number of phenolic OH excluding ortho intramolecular Hbond substituents is 1. The van der Waals surface area contributed by atoms with Crippen LogP contribution in [0.4, 0.5) is 0 Å². The van der Waals surface area contributed by atoms with Gasteiger partial charge in [-0.05, 0) is 24.3 Å². The lowest BCUT2D eigenvalue weighted by molar-refractivity contribution is -0.135. The van der Waals surface area contributed by atoms with Crippen LogP contribution < -0.4 is 5.73 Å². The van der Waals surface area contributed by atoms with E-state index in [0.717, 1.165) is 0 Å². The first-order chi connectivity index (χ1) is 11.0. The number of hydrogen-bond acceptors (Lipinski definition) is 5. The molecule has 1 aliphatic heterocycles. The number of nitrogens with zero attached hydrogens (tertiary/aromatic N) is 2. The molecule has 0 aromatic heterocycles. The van der Waals surface area contributed by atoms with E-state index < -0.39 is 0 Å². The van der Waals surface area contributed by atoms with Crippen molar-refractivity contribution in [3.05, 3.63) is 29.8 Å². The number of amides is 2. The Balaban J connectivity index is 1.87. The molecule has 1 aromatic carbocycles. The van der Waals surface area contributed by atoms with Gasteiger partial charge in [0, 0.05) is 45.4 Å². The Hall–Kier alpha value is -2.12. The number of piperazine rings is 1. The van der Waals surface area contributed by atoms with E-state index in [1.807, 2.05) is 0 Å². The monoisotopic (exact) mass is 321 g/mol. The Kier molecular flexibility index (Phi) is 5.95. The number of methoxy groups -OCH3 is 1. The van der Waals surface area contributed by atoms with Gasteiger partial charge in [0.2, 0.25) is 5.91 Å². The van der Waals surface area contributed by atoms with Gasteiger partial charge in [-0.3, -0.25) is 9.59 Å². The molecule has 7 nitrogen and oxygen atoms in total. The van der Waals surface area contributed by atoms with Crippen molar-refractivity contribution in [2.24, 2.45) is 5.73 Å². The fourth-order valence-corrected chi connectivity index (χ4v) is 2.53. The minimum absolute atomic E-state index is 0.000896. The predicted octanol–water partition coefficient (Wildman–Crippen LogP) is 0.0404. The van der Waals surface area contributed by atoms with Crippen LogP contribution in [0.15, 0.2) is 24.3 Å². The van der Waals surface area contributed by atoms with Crippen molar-refractivity contribution < 1.29 is 19.4 Å². The van der Waals surface area contributed by atoms with Crippen LogP contribution in [0.1, 0.15) is 16.8 Å². The van der Waals surface area contributed by atoms with Crippen molar-refractivity contribution >= 4 is 11.8 Å². The van der Waals surface area contributed by atoms with Crippen LogP contribution in [0.2, 0.25) is 0 Å². The predicted molar refractivity (Wildman–Crippen MR) is 85.1 cm³/mol. The maximum absolute atomic E-state index is 12.4. The second kappa shape index (κ2) is 7.94. The second-order valence-electron chi connectivity index (χ2n) is 5.52. The van der Waals surface area contributed by atoms with E-state index in [4.69, 9.17) is 10.5 Å². The summed E-state index contributed by atoms with van der Waals surface area (Å²) in [5, 5.41) is 9.27. The normalized spacial score (nSPS) is 16.3. The topological polar surface area (TPSA) is 96.1 Å². The first-order valence-electron chi connectivity index (χ1n) is 7.64. The molecule has 0 aliphatic carbocycles. The summed E-state index contributed by atoms with van der Waals surface area (Å²) in [6.07, 6.45) is -0.00186. The molecule has 2 amide bonds. The summed E-state index contributed by atoms with van der Waals surface area (Å²) in [5.74, 6) is 0.0393. The average Bonchev–Trinajstić information content (AvgIpc) is 2.59. The second-order valence-corrected chi connectivity index (χ2v) is 5.52. The number of hydrogen-bond donors (Lipinski definition) is 2. The minimum Gasteiger partial charge on any atom is -0.508 e. The van der Waals surface area contributed by atoms with E-state index in [2.05, 4.69) is 0 Å². The molecule has 126 valence electrons. The highest BCUT2D eigenvalue weighted by atomic mass is 16.5. The maximum atomic E-state index is 12.4. The summed E-state index contributed by atoms with van der Waals surface area (Å²) < 4.78 is 5.13. The van der Waals surface area contributed by atoms with Crippen molar-refractivity contribution in [3.63, 3.8) is 0 Å². The number of aromatic hydroxyl groups is 1. The highest BCUT2D eigenvalue weighted by Gasteiger charge is 2.26. The molecule has 7 heteroatoms. The van der Waals surface area contributed by atoms with Crippen molar-refractivity contribution in [2.45, 2.75) is 12.5 Å². The Morgan fingerprint density at radius 3 is 2.26 bits per heavy atom. The van der Waals surface area contributed by atoms with Gasteiger partial charge in [-0.15, -0.1) is 0 Å². The third kappa shape index (κ3) is 4.43. The van der Waals surface area contributed by atoms with Crippen LogP contribution in [-0.4, -0.2) is 72.7 Å². The van der Waals surface area contributed by atoms with Gasteiger partial charge >= 0.3 is 0 Å². The highest BCUT2D eigenvalue weighted by Crippen LogP contribution is 2.14. The number of benzene rings is 1. The highest BCUT2D eigenvalue weighted by molar-refractivity contribution is 5.94. The molecule has 0 radical (unpaired) electrons. The van der Waals surface area contributed by atoms with Crippen LogP contribution in [-0.2, 0) is 9.53 Å². The van der Waals surface area contributed by atoms with Crippen molar-refractivity contribution in [1.29, 1.82) is 0 Å². The van der Waals surface area contributed by atoms with Crippen molar-refractivity contribution in [3.8, 4) is 5.75 Å². The molecule has 23 heavy (non-hydrogen) atoms. The molecule has 0 bridgehead atoms. The van der Waals surface area contributed by atoms with Gasteiger partial charge in [-0.2, -0.15) is 0 Å². The number of carbonyl (C=O) groups excluding carboxylic acids is 2. The zero-order valence-electron chi connectivity index (χ0n) is 13.3. The zero-order chi connectivity index (χ0) is 16.8. The molecule has 1 saturated heterocycles. The first-order valence-corrected chi connectivity index (χ1v) is 7.64. The van der Waals surface area contributed by atoms with Gasteiger partial charge in [-0.25, -0.2) is 0 Å². The van der Waals surface area contributed by atoms with Gasteiger partial charge in [-0.1, -0.05) is 0 Å². The molecule has 0 spiro atoms. The zero-order valence-corrected chi connectivity index (χ0v) is 13.3. The molecule has 1 fully saturated rings. The van der Waals surface area contributed by atoms with Crippen LogP contribution in [0.3, 0.4) is 0 Å². The molecule has 1 aliphatic rings. The fourth-order valence-electron chi connectivity index (χ4n) is 2.53. The Bertz CT molecular complexity index is 535. The van der Waals surface area contributed by atoms with E-state index in [-0.39, 0.29) is 30.1 Å². The van der Waals surface area contributed by atoms with Gasteiger partial charge < -0.3 is 25.4 Å². The quantitative estimate of drug-likeness (QED) is 0.798. The van der Waals surface area contributed by atoms with Crippen LogP contribution >= 0.6 is 0 Å². The fraction of sp³-hybridized carbons (Fsp3) is 0.500. The summed E-state index contributed by atoms with van der Waals surface area (Å²) in [6, 6.07) is 6.18. The van der Waals surface area contributed by atoms with Crippen LogP contribution in [0, 0.1) is 0 Å². The summed E-state index contributed by atoms with van der Waals surface area (Å²) in [7, 11) is 1.54. The van der Waals surface area contributed by atoms with Gasteiger partial charge in [0.25, 0.3) is 5.91 Å². The Labute approximate surface area is 135 Å². The summed E-state index contributed by atoms with van der Waals surface area (Å²) >= 11 is 0. The Morgan fingerprint density at radius 2 is 1.74 bits per heavy atom. The van der Waals surface area contributed by atoms with Crippen LogP contribution in [0.25, 0.3) is 0 Å². The molecule has 1 aromatic rings. The van der Waals surface area contributed by atoms with Gasteiger partial charge in [0.05, 0.1) is 12.5 Å². The third-order valence-electron chi connectivity index (χ3n) is 4.03. The van der Waals surface area contributed by atoms with E-state index in [1.54, 1.807) is 29.0 Å². The summed E-state index contributed by atoms with van der Waals surface area (Å²) in [6.45, 7) is 2.30. The maximum Gasteiger partial charge on any atom is 0.253 e. The molecule has 1 atom stereocenters.